The number of halogens is 1. The van der Waals surface area contributed by atoms with Gasteiger partial charge < -0.3 is 4.57 Å². The van der Waals surface area contributed by atoms with Gasteiger partial charge in [-0.2, -0.15) is 0 Å². The number of alkyl halides is 1. The van der Waals surface area contributed by atoms with Crippen LogP contribution in [0.15, 0.2) is 110 Å². The zero-order valence-corrected chi connectivity index (χ0v) is 16.2. The number of imidazole rings is 1. The van der Waals surface area contributed by atoms with E-state index in [-0.39, 0.29) is 0 Å². The van der Waals surface area contributed by atoms with Gasteiger partial charge in [0.15, 0.2) is 0 Å². The number of hydrogen-bond donors (Lipinski definition) is 0. The van der Waals surface area contributed by atoms with Gasteiger partial charge in [0, 0.05) is 5.88 Å². The van der Waals surface area contributed by atoms with Gasteiger partial charge in [-0.25, -0.2) is 4.98 Å². The minimum Gasteiger partial charge on any atom is -0.312 e. The van der Waals surface area contributed by atoms with E-state index in [4.69, 9.17) is 11.6 Å². The average molecular weight is 385 g/mol. The monoisotopic (exact) mass is 384 g/mol. The molecular weight excluding hydrogens is 364 g/mol. The second kappa shape index (κ2) is 8.28. The summed E-state index contributed by atoms with van der Waals surface area (Å²) in [6, 6.07) is 31.7. The predicted octanol–water partition coefficient (Wildman–Crippen LogP) is 5.98. The van der Waals surface area contributed by atoms with Gasteiger partial charge in [0.1, 0.15) is 5.54 Å². The van der Waals surface area contributed by atoms with Crippen LogP contribution in [0.2, 0.25) is 0 Å². The lowest BCUT2D eigenvalue weighted by molar-refractivity contribution is 0.511. The third-order valence-electron chi connectivity index (χ3n) is 4.98. The van der Waals surface area contributed by atoms with Crippen LogP contribution in [0.1, 0.15) is 22.4 Å². The molecule has 0 N–H and O–H groups in total. The molecule has 3 aromatic carbocycles. The molecule has 0 aliphatic rings. The summed E-state index contributed by atoms with van der Waals surface area (Å²) >= 11 is 5.92. The maximum atomic E-state index is 5.92. The largest absolute Gasteiger partial charge is 0.312 e. The number of hydrogen-bond acceptors (Lipinski definition) is 1. The standard InChI is InChI=1S/C25H21ClN2/c26-18-10-17-24-19-27-20-28(24)25(21-11-4-1-5-12-21,22-13-6-2-7-14-22)23-15-8-3-9-16-23/h1-17,19-20H,18H2. The Labute approximate surface area is 170 Å². The number of nitrogens with zero attached hydrogens (tertiary/aromatic N) is 2. The number of rotatable bonds is 6. The van der Waals surface area contributed by atoms with Crippen molar-refractivity contribution in [3.63, 3.8) is 0 Å². The summed E-state index contributed by atoms with van der Waals surface area (Å²) in [7, 11) is 0. The molecule has 0 atom stereocenters. The summed E-state index contributed by atoms with van der Waals surface area (Å²) in [4.78, 5) is 4.49. The Morgan fingerprint density at radius 2 is 1.21 bits per heavy atom. The Morgan fingerprint density at radius 1 is 0.750 bits per heavy atom. The molecule has 0 amide bonds. The highest BCUT2D eigenvalue weighted by molar-refractivity contribution is 6.19. The number of benzene rings is 3. The zero-order chi connectivity index (χ0) is 19.2. The van der Waals surface area contributed by atoms with Gasteiger partial charge in [0.25, 0.3) is 0 Å². The second-order valence-electron chi connectivity index (χ2n) is 6.55. The molecule has 0 saturated carbocycles. The molecular formula is C25H21ClN2. The van der Waals surface area contributed by atoms with Crippen LogP contribution in [0.5, 0.6) is 0 Å². The number of aromatic nitrogens is 2. The smallest absolute Gasteiger partial charge is 0.122 e. The molecule has 0 spiro atoms. The van der Waals surface area contributed by atoms with E-state index in [0.29, 0.717) is 5.88 Å². The molecule has 1 aromatic heterocycles. The van der Waals surface area contributed by atoms with Gasteiger partial charge in [-0.3, -0.25) is 0 Å². The Hall–Kier alpha value is -3.10. The van der Waals surface area contributed by atoms with Crippen molar-refractivity contribution in [1.82, 2.24) is 9.55 Å². The van der Waals surface area contributed by atoms with Gasteiger partial charge in [0.2, 0.25) is 0 Å². The summed E-state index contributed by atoms with van der Waals surface area (Å²) in [6.45, 7) is 0. The van der Waals surface area contributed by atoms with Gasteiger partial charge in [-0.05, 0) is 22.8 Å². The Morgan fingerprint density at radius 3 is 1.64 bits per heavy atom. The molecule has 0 fully saturated rings. The first-order valence-corrected chi connectivity index (χ1v) is 9.82. The molecule has 0 saturated heterocycles. The molecule has 0 bridgehead atoms. The van der Waals surface area contributed by atoms with Crippen molar-refractivity contribution in [1.29, 1.82) is 0 Å². The molecule has 0 aliphatic heterocycles. The molecule has 2 nitrogen and oxygen atoms in total. The van der Waals surface area contributed by atoms with E-state index < -0.39 is 5.54 Å². The van der Waals surface area contributed by atoms with E-state index in [2.05, 4.69) is 82.3 Å². The van der Waals surface area contributed by atoms with Crippen LogP contribution < -0.4 is 0 Å². The third kappa shape index (κ3) is 3.17. The summed E-state index contributed by atoms with van der Waals surface area (Å²) in [5.41, 5.74) is 3.96. The first-order valence-electron chi connectivity index (χ1n) is 9.29. The SMILES string of the molecule is ClCC=Cc1cncn1C(c1ccccc1)(c1ccccc1)c1ccccc1. The molecule has 0 aliphatic carbocycles. The Kier molecular flexibility index (Phi) is 5.41. The molecule has 4 rings (SSSR count). The maximum Gasteiger partial charge on any atom is 0.122 e. The van der Waals surface area contributed by atoms with Gasteiger partial charge in [0.05, 0.1) is 18.2 Å². The molecule has 138 valence electrons. The van der Waals surface area contributed by atoms with Crippen molar-refractivity contribution in [3.05, 3.63) is 132 Å². The van der Waals surface area contributed by atoms with E-state index in [1.807, 2.05) is 42.9 Å². The molecule has 1 heterocycles. The Balaban J connectivity index is 2.11. The topological polar surface area (TPSA) is 17.8 Å². The van der Waals surface area contributed by atoms with Crippen molar-refractivity contribution in [2.75, 3.05) is 5.88 Å². The summed E-state index contributed by atoms with van der Waals surface area (Å²) in [5, 5.41) is 0. The van der Waals surface area contributed by atoms with Crippen LogP contribution in [-0.2, 0) is 5.54 Å². The lowest BCUT2D eigenvalue weighted by Crippen LogP contribution is -2.38. The van der Waals surface area contributed by atoms with Crippen molar-refractivity contribution in [2.45, 2.75) is 5.54 Å². The first-order chi connectivity index (χ1) is 13.9. The van der Waals surface area contributed by atoms with Crippen LogP contribution in [0, 0.1) is 0 Å². The van der Waals surface area contributed by atoms with Crippen LogP contribution >= 0.6 is 11.6 Å². The van der Waals surface area contributed by atoms with E-state index in [1.54, 1.807) is 0 Å². The van der Waals surface area contributed by atoms with E-state index in [9.17, 15) is 0 Å². The normalized spacial score (nSPS) is 11.8. The van der Waals surface area contributed by atoms with Crippen LogP contribution in [0.4, 0.5) is 0 Å². The molecule has 3 heteroatoms. The minimum absolute atomic E-state index is 0.459. The van der Waals surface area contributed by atoms with E-state index >= 15 is 0 Å². The molecule has 28 heavy (non-hydrogen) atoms. The van der Waals surface area contributed by atoms with Crippen LogP contribution in [0.3, 0.4) is 0 Å². The fourth-order valence-corrected chi connectivity index (χ4v) is 3.92. The fourth-order valence-electron chi connectivity index (χ4n) is 3.83. The second-order valence-corrected chi connectivity index (χ2v) is 6.86. The lowest BCUT2D eigenvalue weighted by Gasteiger charge is -2.38. The number of allylic oxidation sites excluding steroid dienone is 1. The summed E-state index contributed by atoms with van der Waals surface area (Å²) in [6.07, 6.45) is 7.76. The third-order valence-corrected chi connectivity index (χ3v) is 5.16. The van der Waals surface area contributed by atoms with Crippen LogP contribution in [0.25, 0.3) is 6.08 Å². The fraction of sp³-hybridized carbons (Fsp3) is 0.0800. The highest BCUT2D eigenvalue weighted by Crippen LogP contribution is 2.41. The average Bonchev–Trinajstić information content (AvgIpc) is 3.24. The highest BCUT2D eigenvalue weighted by atomic mass is 35.5. The van der Waals surface area contributed by atoms with Crippen molar-refractivity contribution in [3.8, 4) is 0 Å². The molecule has 0 radical (unpaired) electrons. The Bertz CT molecular complexity index is 941. The summed E-state index contributed by atoms with van der Waals surface area (Å²) < 4.78 is 2.23. The van der Waals surface area contributed by atoms with Crippen LogP contribution in [-0.4, -0.2) is 15.4 Å². The van der Waals surface area contributed by atoms with Gasteiger partial charge in [-0.1, -0.05) is 97.1 Å². The van der Waals surface area contributed by atoms with Crippen molar-refractivity contribution < 1.29 is 0 Å². The summed E-state index contributed by atoms with van der Waals surface area (Å²) in [5.74, 6) is 0.459. The zero-order valence-electron chi connectivity index (χ0n) is 15.4. The van der Waals surface area contributed by atoms with Crippen molar-refractivity contribution >= 4 is 17.7 Å². The van der Waals surface area contributed by atoms with Gasteiger partial charge >= 0.3 is 0 Å². The minimum atomic E-state index is -0.549. The molecule has 0 unspecified atom stereocenters. The van der Waals surface area contributed by atoms with Gasteiger partial charge in [-0.15, -0.1) is 11.6 Å². The van der Waals surface area contributed by atoms with E-state index in [0.717, 1.165) is 5.69 Å². The first kappa shape index (κ1) is 18.3. The van der Waals surface area contributed by atoms with E-state index in [1.165, 1.54) is 16.7 Å². The maximum absolute atomic E-state index is 5.92. The predicted molar refractivity (Wildman–Crippen MR) is 117 cm³/mol. The molecule has 4 aromatic rings. The quantitative estimate of drug-likeness (QED) is 0.295. The highest BCUT2D eigenvalue weighted by Gasteiger charge is 2.39. The van der Waals surface area contributed by atoms with Crippen molar-refractivity contribution in [2.24, 2.45) is 0 Å². The lowest BCUT2D eigenvalue weighted by atomic mass is 9.76.